The predicted octanol–water partition coefficient (Wildman–Crippen LogP) is 3.42. The topological polar surface area (TPSA) is 67.5 Å². The van der Waals surface area contributed by atoms with Gasteiger partial charge in [0.1, 0.15) is 6.33 Å². The van der Waals surface area contributed by atoms with Crippen LogP contribution in [0, 0.1) is 29.1 Å². The summed E-state index contributed by atoms with van der Waals surface area (Å²) in [5.74, 6) is -10.3. The number of hydrogen-bond acceptors (Lipinski definition) is 5. The molecule has 0 aliphatic heterocycles. The molecule has 0 radical (unpaired) electrons. The van der Waals surface area contributed by atoms with Crippen LogP contribution in [-0.2, 0) is 0 Å². The fraction of sp³-hybridized carbons (Fsp3) is 0. The summed E-state index contributed by atoms with van der Waals surface area (Å²) in [6.45, 7) is 0. The largest absolute Gasteiger partial charge is 0.277 e. The minimum atomic E-state index is -2.24. The van der Waals surface area contributed by atoms with Crippen LogP contribution < -0.4 is 5.43 Å². The average molecular weight is 378 g/mol. The molecular weight excluding hydrogens is 371 g/mol. The lowest BCUT2D eigenvalue weighted by Gasteiger charge is -2.06. The minimum absolute atomic E-state index is 0.0753. The summed E-state index contributed by atoms with van der Waals surface area (Å²) in [6.07, 6.45) is 1.90. The van der Waals surface area contributed by atoms with Gasteiger partial charge in [-0.2, -0.15) is 5.10 Å². The summed E-state index contributed by atoms with van der Waals surface area (Å²) in [5, 5.41) is 11.2. The van der Waals surface area contributed by atoms with E-state index in [-0.39, 0.29) is 11.5 Å². The van der Waals surface area contributed by atoms with Crippen LogP contribution >= 0.6 is 0 Å². The molecule has 27 heavy (non-hydrogen) atoms. The minimum Gasteiger partial charge on any atom is -0.277 e. The standard InChI is InChI=1S/C16H7F5N6/c17-10-7(11(18)13(20)14(21)12(10)19)5-22-25-15-16-26-23-6-27(16)9-4-2-1-3-8(9)24-15/h1-6H,(H,24,25)/b22-5-. The Morgan fingerprint density at radius 2 is 1.59 bits per heavy atom. The lowest BCUT2D eigenvalue weighted by molar-refractivity contribution is 0.377. The third-order valence-corrected chi connectivity index (χ3v) is 3.74. The van der Waals surface area contributed by atoms with E-state index >= 15 is 0 Å². The van der Waals surface area contributed by atoms with E-state index in [2.05, 4.69) is 25.7 Å². The van der Waals surface area contributed by atoms with Gasteiger partial charge in [0.25, 0.3) is 0 Å². The van der Waals surface area contributed by atoms with Gasteiger partial charge in [0.15, 0.2) is 29.1 Å². The van der Waals surface area contributed by atoms with Gasteiger partial charge in [-0.15, -0.1) is 10.2 Å². The van der Waals surface area contributed by atoms with Crippen molar-refractivity contribution < 1.29 is 22.0 Å². The summed E-state index contributed by atoms with van der Waals surface area (Å²) in [6, 6.07) is 7.01. The maximum atomic E-state index is 13.7. The summed E-state index contributed by atoms with van der Waals surface area (Å²) in [5.41, 5.74) is 2.70. The molecule has 0 saturated carbocycles. The first-order valence-electron chi connectivity index (χ1n) is 7.38. The van der Waals surface area contributed by atoms with Crippen molar-refractivity contribution in [2.24, 2.45) is 5.10 Å². The average Bonchev–Trinajstić information content (AvgIpc) is 3.18. The second kappa shape index (κ2) is 6.27. The Balaban J connectivity index is 1.75. The van der Waals surface area contributed by atoms with Crippen molar-refractivity contribution in [1.29, 1.82) is 0 Å². The first-order valence-corrected chi connectivity index (χ1v) is 7.38. The maximum Gasteiger partial charge on any atom is 0.205 e. The zero-order valence-corrected chi connectivity index (χ0v) is 13.1. The Kier molecular flexibility index (Phi) is 3.90. The monoisotopic (exact) mass is 378 g/mol. The van der Waals surface area contributed by atoms with Gasteiger partial charge in [-0.3, -0.25) is 9.83 Å². The van der Waals surface area contributed by atoms with E-state index in [1.165, 1.54) is 6.33 Å². The molecule has 4 rings (SSSR count). The number of benzene rings is 2. The van der Waals surface area contributed by atoms with Gasteiger partial charge in [-0.1, -0.05) is 12.1 Å². The van der Waals surface area contributed by atoms with Crippen LogP contribution in [0.25, 0.3) is 16.7 Å². The molecule has 0 amide bonds. The summed E-state index contributed by atoms with van der Waals surface area (Å²) >= 11 is 0. The van der Waals surface area contributed by atoms with Gasteiger partial charge in [0.05, 0.1) is 22.8 Å². The smallest absolute Gasteiger partial charge is 0.205 e. The molecule has 1 N–H and O–H groups in total. The number of hydrazone groups is 1. The summed E-state index contributed by atoms with van der Waals surface area (Å²) < 4.78 is 68.4. The number of para-hydroxylation sites is 2. The van der Waals surface area contributed by atoms with E-state index in [1.807, 2.05) is 0 Å². The number of nitrogens with one attached hydrogen (secondary N) is 1. The van der Waals surface area contributed by atoms with Crippen LogP contribution in [0.2, 0.25) is 0 Å². The van der Waals surface area contributed by atoms with Crippen LogP contribution in [-0.4, -0.2) is 25.8 Å². The number of aromatic nitrogens is 4. The van der Waals surface area contributed by atoms with Crippen molar-refractivity contribution >= 4 is 28.7 Å². The Morgan fingerprint density at radius 3 is 2.33 bits per heavy atom. The van der Waals surface area contributed by atoms with Gasteiger partial charge in [0, 0.05) is 0 Å². The summed E-state index contributed by atoms with van der Waals surface area (Å²) in [4.78, 5) is 4.26. The SMILES string of the molecule is Fc1c(F)c(F)c(/C=N\Nc2nc3ccccc3n3cnnc23)c(F)c1F. The van der Waals surface area contributed by atoms with Crippen LogP contribution in [0.3, 0.4) is 0 Å². The van der Waals surface area contributed by atoms with Gasteiger partial charge in [0.2, 0.25) is 11.5 Å². The van der Waals surface area contributed by atoms with Crippen molar-refractivity contribution in [3.05, 3.63) is 65.2 Å². The van der Waals surface area contributed by atoms with Gasteiger partial charge < -0.3 is 0 Å². The maximum absolute atomic E-state index is 13.7. The molecule has 0 fully saturated rings. The number of nitrogens with zero attached hydrogens (tertiary/aromatic N) is 5. The van der Waals surface area contributed by atoms with E-state index in [0.29, 0.717) is 17.2 Å². The first-order chi connectivity index (χ1) is 13.0. The molecule has 2 aromatic carbocycles. The van der Waals surface area contributed by atoms with E-state index in [1.54, 1.807) is 28.7 Å². The molecule has 0 spiro atoms. The predicted molar refractivity (Wildman–Crippen MR) is 85.7 cm³/mol. The highest BCUT2D eigenvalue weighted by atomic mass is 19.2. The number of fused-ring (bicyclic) bond motifs is 3. The molecule has 2 aromatic heterocycles. The lowest BCUT2D eigenvalue weighted by atomic mass is 10.2. The Hall–Kier alpha value is -3.63. The molecule has 0 atom stereocenters. The number of anilines is 1. The normalized spacial score (nSPS) is 11.7. The fourth-order valence-electron chi connectivity index (χ4n) is 2.47. The molecular formula is C16H7F5N6. The van der Waals surface area contributed by atoms with Crippen LogP contribution in [0.15, 0.2) is 35.7 Å². The fourth-order valence-corrected chi connectivity index (χ4v) is 2.47. The molecule has 0 bridgehead atoms. The molecule has 11 heteroatoms. The molecule has 6 nitrogen and oxygen atoms in total. The molecule has 0 unspecified atom stereocenters. The zero-order chi connectivity index (χ0) is 19.1. The Morgan fingerprint density at radius 1 is 0.926 bits per heavy atom. The second-order valence-corrected chi connectivity index (χ2v) is 5.33. The summed E-state index contributed by atoms with van der Waals surface area (Å²) in [7, 11) is 0. The highest BCUT2D eigenvalue weighted by molar-refractivity contribution is 5.84. The molecule has 136 valence electrons. The molecule has 2 heterocycles. The van der Waals surface area contributed by atoms with Crippen molar-refractivity contribution in [2.75, 3.05) is 5.43 Å². The van der Waals surface area contributed by atoms with Crippen molar-refractivity contribution in [3.63, 3.8) is 0 Å². The van der Waals surface area contributed by atoms with Gasteiger partial charge in [-0.05, 0) is 12.1 Å². The lowest BCUT2D eigenvalue weighted by Crippen LogP contribution is -2.07. The van der Waals surface area contributed by atoms with E-state index < -0.39 is 34.6 Å². The first kappa shape index (κ1) is 16.8. The molecule has 0 saturated heterocycles. The Labute approximate surface area is 147 Å². The van der Waals surface area contributed by atoms with Crippen LogP contribution in [0.5, 0.6) is 0 Å². The number of halogens is 5. The van der Waals surface area contributed by atoms with Crippen molar-refractivity contribution in [3.8, 4) is 0 Å². The molecule has 0 aliphatic rings. The number of hydrogen-bond donors (Lipinski definition) is 1. The zero-order valence-electron chi connectivity index (χ0n) is 13.1. The molecule has 0 aliphatic carbocycles. The van der Waals surface area contributed by atoms with Gasteiger partial charge in [-0.25, -0.2) is 26.9 Å². The van der Waals surface area contributed by atoms with Crippen molar-refractivity contribution in [1.82, 2.24) is 19.6 Å². The Bertz CT molecular complexity index is 1190. The third kappa shape index (κ3) is 2.63. The van der Waals surface area contributed by atoms with Gasteiger partial charge >= 0.3 is 0 Å². The highest BCUT2D eigenvalue weighted by Gasteiger charge is 2.24. The third-order valence-electron chi connectivity index (χ3n) is 3.74. The number of rotatable bonds is 3. The quantitative estimate of drug-likeness (QED) is 0.195. The second-order valence-electron chi connectivity index (χ2n) is 5.33. The van der Waals surface area contributed by atoms with E-state index in [0.717, 1.165) is 0 Å². The van der Waals surface area contributed by atoms with Crippen molar-refractivity contribution in [2.45, 2.75) is 0 Å². The van der Waals surface area contributed by atoms with Crippen LogP contribution in [0.4, 0.5) is 27.8 Å². The van der Waals surface area contributed by atoms with Crippen LogP contribution in [0.1, 0.15) is 5.56 Å². The highest BCUT2D eigenvalue weighted by Crippen LogP contribution is 2.22. The molecule has 4 aromatic rings. The van der Waals surface area contributed by atoms with E-state index in [9.17, 15) is 22.0 Å². The van der Waals surface area contributed by atoms with E-state index in [4.69, 9.17) is 0 Å².